The van der Waals surface area contributed by atoms with Gasteiger partial charge in [-0.2, -0.15) is 0 Å². The van der Waals surface area contributed by atoms with Gasteiger partial charge in [-0.1, -0.05) is 0 Å². The molecular weight excluding hydrogens is 166 g/mol. The molecule has 1 aliphatic carbocycles. The van der Waals surface area contributed by atoms with E-state index in [0.717, 1.165) is 25.0 Å². The fourth-order valence-corrected chi connectivity index (χ4v) is 1.60. The number of methoxy groups -OCH3 is 1. The number of carbonyl (C=O) groups excluding carboxylic acids is 1. The molecule has 1 unspecified atom stereocenters. The molecule has 3 nitrogen and oxygen atoms in total. The highest BCUT2D eigenvalue weighted by molar-refractivity contribution is 5.75. The van der Waals surface area contributed by atoms with Gasteiger partial charge < -0.3 is 10.1 Å². The van der Waals surface area contributed by atoms with E-state index in [-0.39, 0.29) is 5.91 Å². The van der Waals surface area contributed by atoms with Crippen LogP contribution in [0.2, 0.25) is 0 Å². The molecule has 0 spiro atoms. The second-order valence-corrected chi connectivity index (χ2v) is 3.39. The number of carbonyl (C=O) groups is 1. The van der Waals surface area contributed by atoms with Crippen molar-refractivity contribution in [2.75, 3.05) is 14.2 Å². The van der Waals surface area contributed by atoms with Gasteiger partial charge in [-0.15, -0.1) is 0 Å². The Kier molecular flexibility index (Phi) is 3.80. The Bertz CT molecular complexity index is 211. The van der Waals surface area contributed by atoms with Crippen LogP contribution in [0, 0.1) is 5.92 Å². The summed E-state index contributed by atoms with van der Waals surface area (Å²) in [5, 5.41) is 2.65. The highest BCUT2D eigenvalue weighted by Gasteiger charge is 2.17. The first-order chi connectivity index (χ1) is 6.26. The average molecular weight is 183 g/mol. The van der Waals surface area contributed by atoms with E-state index >= 15 is 0 Å². The van der Waals surface area contributed by atoms with Gasteiger partial charge in [0.1, 0.15) is 0 Å². The first kappa shape index (κ1) is 10.1. The molecule has 0 heterocycles. The van der Waals surface area contributed by atoms with Crippen LogP contribution in [-0.2, 0) is 9.53 Å². The van der Waals surface area contributed by atoms with E-state index in [1.54, 1.807) is 14.2 Å². The predicted molar refractivity (Wildman–Crippen MR) is 51.1 cm³/mol. The van der Waals surface area contributed by atoms with Gasteiger partial charge in [0.15, 0.2) is 0 Å². The van der Waals surface area contributed by atoms with Gasteiger partial charge in [0.05, 0.1) is 12.9 Å². The maximum atomic E-state index is 11.1. The zero-order valence-corrected chi connectivity index (χ0v) is 8.30. The molecule has 1 N–H and O–H groups in total. The van der Waals surface area contributed by atoms with Gasteiger partial charge in [-0.3, -0.25) is 4.79 Å². The summed E-state index contributed by atoms with van der Waals surface area (Å²) in [7, 11) is 3.38. The van der Waals surface area contributed by atoms with Crippen molar-refractivity contribution in [3.8, 4) is 0 Å². The van der Waals surface area contributed by atoms with E-state index in [0.29, 0.717) is 12.3 Å². The number of ether oxygens (including phenoxy) is 1. The highest BCUT2D eigenvalue weighted by atomic mass is 16.5. The van der Waals surface area contributed by atoms with Crippen molar-refractivity contribution in [2.24, 2.45) is 5.92 Å². The van der Waals surface area contributed by atoms with E-state index in [4.69, 9.17) is 4.74 Å². The molecule has 13 heavy (non-hydrogen) atoms. The Hall–Kier alpha value is -0.990. The van der Waals surface area contributed by atoms with Gasteiger partial charge in [0.2, 0.25) is 5.91 Å². The summed E-state index contributed by atoms with van der Waals surface area (Å²) in [4.78, 5) is 11.1. The molecule has 74 valence electrons. The number of hydrogen-bond donors (Lipinski definition) is 1. The van der Waals surface area contributed by atoms with Crippen molar-refractivity contribution in [3.05, 3.63) is 11.8 Å². The summed E-state index contributed by atoms with van der Waals surface area (Å²) >= 11 is 0. The van der Waals surface area contributed by atoms with Gasteiger partial charge in [-0.05, 0) is 24.8 Å². The molecule has 0 bridgehead atoms. The fraction of sp³-hybridized carbons (Fsp3) is 0.700. The summed E-state index contributed by atoms with van der Waals surface area (Å²) in [5.74, 6) is 1.70. The minimum Gasteiger partial charge on any atom is -0.501 e. The fourth-order valence-electron chi connectivity index (χ4n) is 1.60. The zero-order chi connectivity index (χ0) is 9.68. The molecule has 3 heteroatoms. The number of amides is 1. The monoisotopic (exact) mass is 183 g/mol. The molecule has 0 saturated carbocycles. The summed E-state index contributed by atoms with van der Waals surface area (Å²) in [6, 6.07) is 0. The van der Waals surface area contributed by atoms with Gasteiger partial charge in [0, 0.05) is 19.9 Å². The molecule has 0 aliphatic heterocycles. The van der Waals surface area contributed by atoms with Crippen molar-refractivity contribution in [3.63, 3.8) is 0 Å². The molecule has 0 fully saturated rings. The van der Waals surface area contributed by atoms with Crippen LogP contribution >= 0.6 is 0 Å². The van der Waals surface area contributed by atoms with Crippen LogP contribution in [0.25, 0.3) is 0 Å². The van der Waals surface area contributed by atoms with Gasteiger partial charge in [-0.25, -0.2) is 0 Å². The van der Waals surface area contributed by atoms with Crippen molar-refractivity contribution in [2.45, 2.75) is 25.7 Å². The topological polar surface area (TPSA) is 38.3 Å². The van der Waals surface area contributed by atoms with E-state index in [2.05, 4.69) is 11.4 Å². The maximum absolute atomic E-state index is 11.1. The van der Waals surface area contributed by atoms with Crippen molar-refractivity contribution in [1.29, 1.82) is 0 Å². The van der Waals surface area contributed by atoms with E-state index in [1.807, 2.05) is 0 Å². The Balaban J connectivity index is 2.33. The van der Waals surface area contributed by atoms with Crippen LogP contribution < -0.4 is 5.32 Å². The summed E-state index contributed by atoms with van der Waals surface area (Å²) in [6.45, 7) is 0. The first-order valence-electron chi connectivity index (χ1n) is 4.70. The molecule has 0 radical (unpaired) electrons. The van der Waals surface area contributed by atoms with E-state index < -0.39 is 0 Å². The smallest absolute Gasteiger partial charge is 0.220 e. The number of rotatable bonds is 3. The molecule has 0 saturated heterocycles. The Labute approximate surface area is 79.2 Å². The van der Waals surface area contributed by atoms with Crippen LogP contribution in [0.3, 0.4) is 0 Å². The number of hydrogen-bond acceptors (Lipinski definition) is 2. The second kappa shape index (κ2) is 4.90. The molecule has 1 amide bonds. The number of nitrogens with one attached hydrogen (secondary N) is 1. The van der Waals surface area contributed by atoms with Crippen molar-refractivity contribution < 1.29 is 9.53 Å². The lowest BCUT2D eigenvalue weighted by atomic mass is 9.90. The standard InChI is InChI=1S/C10H17NO2/c1-11-10(12)7-8-3-5-9(13-2)6-4-8/h5,8H,3-4,6-7H2,1-2H3,(H,11,12). The minimum absolute atomic E-state index is 0.138. The Morgan fingerprint density at radius 3 is 3.00 bits per heavy atom. The third-order valence-electron chi connectivity index (χ3n) is 2.49. The molecule has 0 aromatic carbocycles. The molecular formula is C10H17NO2. The summed E-state index contributed by atoms with van der Waals surface area (Å²) < 4.78 is 5.13. The predicted octanol–water partition coefficient (Wildman–Crippen LogP) is 1.45. The molecule has 1 rings (SSSR count). The van der Waals surface area contributed by atoms with Crippen LogP contribution in [0.5, 0.6) is 0 Å². The zero-order valence-electron chi connectivity index (χ0n) is 8.30. The third-order valence-corrected chi connectivity index (χ3v) is 2.49. The summed E-state index contributed by atoms with van der Waals surface area (Å²) in [5.41, 5.74) is 0. The van der Waals surface area contributed by atoms with E-state index in [1.165, 1.54) is 0 Å². The molecule has 0 aromatic heterocycles. The van der Waals surface area contributed by atoms with Crippen LogP contribution in [0.15, 0.2) is 11.8 Å². The van der Waals surface area contributed by atoms with Crippen LogP contribution in [0.4, 0.5) is 0 Å². The largest absolute Gasteiger partial charge is 0.501 e. The SMILES string of the molecule is CNC(=O)CC1CC=C(OC)CC1. The third kappa shape index (κ3) is 3.09. The van der Waals surface area contributed by atoms with Gasteiger partial charge >= 0.3 is 0 Å². The number of allylic oxidation sites excluding steroid dienone is 2. The minimum atomic E-state index is 0.138. The quantitative estimate of drug-likeness (QED) is 0.719. The normalized spacial score (nSPS) is 22.0. The molecule has 0 aromatic rings. The lowest BCUT2D eigenvalue weighted by molar-refractivity contribution is -0.121. The van der Waals surface area contributed by atoms with Crippen molar-refractivity contribution >= 4 is 5.91 Å². The van der Waals surface area contributed by atoms with Crippen LogP contribution in [0.1, 0.15) is 25.7 Å². The van der Waals surface area contributed by atoms with Crippen LogP contribution in [-0.4, -0.2) is 20.1 Å². The average Bonchev–Trinajstić information content (AvgIpc) is 2.19. The molecule has 1 atom stereocenters. The second-order valence-electron chi connectivity index (χ2n) is 3.39. The lowest BCUT2D eigenvalue weighted by Gasteiger charge is -2.20. The highest BCUT2D eigenvalue weighted by Crippen LogP contribution is 2.25. The molecule has 1 aliphatic rings. The Morgan fingerprint density at radius 1 is 1.77 bits per heavy atom. The maximum Gasteiger partial charge on any atom is 0.220 e. The summed E-state index contributed by atoms with van der Waals surface area (Å²) in [6.07, 6.45) is 5.74. The first-order valence-corrected chi connectivity index (χ1v) is 4.70. The Morgan fingerprint density at radius 2 is 2.54 bits per heavy atom. The lowest BCUT2D eigenvalue weighted by Crippen LogP contribution is -2.22. The van der Waals surface area contributed by atoms with Crippen molar-refractivity contribution in [1.82, 2.24) is 5.32 Å². The van der Waals surface area contributed by atoms with E-state index in [9.17, 15) is 4.79 Å². The van der Waals surface area contributed by atoms with Gasteiger partial charge in [0.25, 0.3) is 0 Å².